The highest BCUT2D eigenvalue weighted by molar-refractivity contribution is 6.04. The number of carbonyl (C=O) groups excluding carboxylic acids is 2. The van der Waals surface area contributed by atoms with E-state index in [0.29, 0.717) is 6.42 Å². The van der Waals surface area contributed by atoms with Crippen LogP contribution >= 0.6 is 0 Å². The second-order valence-corrected chi connectivity index (χ2v) is 4.42. The zero-order valence-corrected chi connectivity index (χ0v) is 10.6. The number of carbonyl (C=O) groups is 2. The molecule has 6 nitrogen and oxygen atoms in total. The van der Waals surface area contributed by atoms with Crippen molar-refractivity contribution in [1.82, 2.24) is 19.8 Å². The number of urea groups is 1. The van der Waals surface area contributed by atoms with E-state index >= 15 is 0 Å². The van der Waals surface area contributed by atoms with Crippen molar-refractivity contribution < 1.29 is 22.8 Å². The smallest absolute Gasteiger partial charge is 0.326 e. The third-order valence-corrected chi connectivity index (χ3v) is 2.97. The third-order valence-electron chi connectivity index (χ3n) is 2.97. The summed E-state index contributed by atoms with van der Waals surface area (Å²) >= 11 is 0. The number of rotatable bonds is 4. The Morgan fingerprint density at radius 1 is 1.40 bits per heavy atom. The summed E-state index contributed by atoms with van der Waals surface area (Å²) in [5, 5.41) is 2.46. The monoisotopic (exact) mass is 290 g/mol. The average Bonchev–Trinajstić information content (AvgIpc) is 2.86. The zero-order valence-electron chi connectivity index (χ0n) is 10.6. The van der Waals surface area contributed by atoms with E-state index in [2.05, 4.69) is 10.3 Å². The van der Waals surface area contributed by atoms with Gasteiger partial charge in [0.15, 0.2) is 0 Å². The molecule has 1 saturated heterocycles. The molecule has 1 N–H and O–H groups in total. The van der Waals surface area contributed by atoms with Gasteiger partial charge in [0.05, 0.1) is 6.54 Å². The minimum atomic E-state index is -4.39. The summed E-state index contributed by atoms with van der Waals surface area (Å²) in [5.74, 6) is -0.429. The van der Waals surface area contributed by atoms with Gasteiger partial charge in [-0.15, -0.1) is 0 Å². The van der Waals surface area contributed by atoms with E-state index in [1.165, 1.54) is 12.4 Å². The van der Waals surface area contributed by atoms with E-state index in [1.807, 2.05) is 0 Å². The van der Waals surface area contributed by atoms with E-state index in [-0.39, 0.29) is 12.4 Å². The Bertz CT molecular complexity index is 526. The lowest BCUT2D eigenvalue weighted by Gasteiger charge is -2.15. The molecule has 1 aliphatic rings. The number of hydrogen-bond acceptors (Lipinski definition) is 3. The molecule has 9 heteroatoms. The first-order valence-electron chi connectivity index (χ1n) is 6.00. The van der Waals surface area contributed by atoms with Gasteiger partial charge in [0.2, 0.25) is 0 Å². The van der Waals surface area contributed by atoms with Crippen LogP contribution < -0.4 is 5.32 Å². The first-order chi connectivity index (χ1) is 9.31. The number of imide groups is 1. The molecule has 0 unspecified atom stereocenters. The molecule has 1 atom stereocenters. The second-order valence-electron chi connectivity index (χ2n) is 4.42. The number of nitrogens with one attached hydrogen (secondary N) is 1. The number of nitrogens with zero attached hydrogens (tertiary/aromatic N) is 3. The summed E-state index contributed by atoms with van der Waals surface area (Å²) in [4.78, 5) is 28.1. The van der Waals surface area contributed by atoms with Gasteiger partial charge >= 0.3 is 12.2 Å². The van der Waals surface area contributed by atoms with Gasteiger partial charge in [-0.1, -0.05) is 6.92 Å². The standard InChI is InChI=1S/C11H13F3N4O2/c1-2-7-9(19)18(10(20)16-7)5-8-15-3-4-17(8)6-11(12,13)14/h3-4,7H,2,5-6H2,1H3,(H,16,20)/t7-/m1/s1. The lowest BCUT2D eigenvalue weighted by Crippen LogP contribution is -2.32. The Morgan fingerprint density at radius 2 is 2.10 bits per heavy atom. The molecule has 2 heterocycles. The number of alkyl halides is 3. The Balaban J connectivity index is 2.13. The van der Waals surface area contributed by atoms with Crippen LogP contribution in [0.1, 0.15) is 19.2 Å². The van der Waals surface area contributed by atoms with Gasteiger partial charge in [-0.3, -0.25) is 9.69 Å². The molecule has 0 bridgehead atoms. The summed E-state index contributed by atoms with van der Waals surface area (Å²) in [7, 11) is 0. The van der Waals surface area contributed by atoms with Gasteiger partial charge in [0.25, 0.3) is 5.91 Å². The van der Waals surface area contributed by atoms with Crippen LogP contribution in [0.5, 0.6) is 0 Å². The molecule has 1 aromatic rings. The molecule has 0 radical (unpaired) electrons. The fraction of sp³-hybridized carbons (Fsp3) is 0.545. The molecule has 0 aliphatic carbocycles. The lowest BCUT2D eigenvalue weighted by atomic mass is 10.2. The van der Waals surface area contributed by atoms with E-state index < -0.39 is 30.7 Å². The second kappa shape index (κ2) is 5.14. The fourth-order valence-electron chi connectivity index (χ4n) is 1.97. The third kappa shape index (κ3) is 2.91. The van der Waals surface area contributed by atoms with Gasteiger partial charge in [0, 0.05) is 12.4 Å². The number of amides is 3. The van der Waals surface area contributed by atoms with Crippen molar-refractivity contribution in [3.05, 3.63) is 18.2 Å². The molecule has 1 aliphatic heterocycles. The summed E-state index contributed by atoms with van der Waals surface area (Å²) < 4.78 is 38.0. The Labute approximate surface area is 112 Å². The van der Waals surface area contributed by atoms with Crippen LogP contribution in [0, 0.1) is 0 Å². The number of imidazole rings is 1. The molecule has 110 valence electrons. The van der Waals surface area contributed by atoms with Crippen molar-refractivity contribution >= 4 is 11.9 Å². The zero-order chi connectivity index (χ0) is 14.9. The maximum Gasteiger partial charge on any atom is 0.406 e. The molecule has 2 rings (SSSR count). The number of halogens is 3. The van der Waals surface area contributed by atoms with Crippen molar-refractivity contribution in [1.29, 1.82) is 0 Å². The highest BCUT2D eigenvalue weighted by Crippen LogP contribution is 2.19. The Kier molecular flexibility index (Phi) is 3.69. The quantitative estimate of drug-likeness (QED) is 0.849. The molecular weight excluding hydrogens is 277 g/mol. The summed E-state index contributed by atoms with van der Waals surface area (Å²) in [5.41, 5.74) is 0. The van der Waals surface area contributed by atoms with E-state index in [1.54, 1.807) is 6.92 Å². The summed E-state index contributed by atoms with van der Waals surface area (Å²) in [6.45, 7) is 0.254. The molecule has 3 amide bonds. The number of aromatic nitrogens is 2. The average molecular weight is 290 g/mol. The predicted molar refractivity (Wildman–Crippen MR) is 61.4 cm³/mol. The molecule has 0 saturated carbocycles. The minimum absolute atomic E-state index is 0.0163. The maximum absolute atomic E-state index is 12.4. The molecule has 0 spiro atoms. The van der Waals surface area contributed by atoms with Crippen LogP contribution in [0.25, 0.3) is 0 Å². The normalized spacial score (nSPS) is 19.6. The van der Waals surface area contributed by atoms with Crippen LogP contribution in [-0.4, -0.2) is 38.6 Å². The van der Waals surface area contributed by atoms with Gasteiger partial charge in [-0.05, 0) is 6.42 Å². The van der Waals surface area contributed by atoms with Gasteiger partial charge < -0.3 is 9.88 Å². The first-order valence-corrected chi connectivity index (χ1v) is 6.00. The van der Waals surface area contributed by atoms with Crippen LogP contribution in [0.3, 0.4) is 0 Å². The highest BCUT2D eigenvalue weighted by atomic mass is 19.4. The topological polar surface area (TPSA) is 67.2 Å². The van der Waals surface area contributed by atoms with Gasteiger partial charge in [-0.25, -0.2) is 9.78 Å². The molecule has 1 aromatic heterocycles. The minimum Gasteiger partial charge on any atom is -0.326 e. The lowest BCUT2D eigenvalue weighted by molar-refractivity contribution is -0.141. The fourth-order valence-corrected chi connectivity index (χ4v) is 1.97. The Hall–Kier alpha value is -2.06. The van der Waals surface area contributed by atoms with Crippen LogP contribution in [-0.2, 0) is 17.9 Å². The van der Waals surface area contributed by atoms with Gasteiger partial charge in [0.1, 0.15) is 18.4 Å². The summed E-state index contributed by atoms with van der Waals surface area (Å²) in [6, 6.07) is -1.23. The van der Waals surface area contributed by atoms with Crippen molar-refractivity contribution in [3.63, 3.8) is 0 Å². The maximum atomic E-state index is 12.4. The van der Waals surface area contributed by atoms with Crippen LogP contribution in [0.15, 0.2) is 12.4 Å². The predicted octanol–water partition coefficient (Wildman–Crippen LogP) is 1.28. The first kappa shape index (κ1) is 14.4. The molecule has 0 aromatic carbocycles. The molecule has 1 fully saturated rings. The van der Waals surface area contributed by atoms with E-state index in [9.17, 15) is 22.8 Å². The van der Waals surface area contributed by atoms with Crippen molar-refractivity contribution in [2.24, 2.45) is 0 Å². The number of hydrogen-bond donors (Lipinski definition) is 1. The van der Waals surface area contributed by atoms with E-state index in [4.69, 9.17) is 0 Å². The summed E-state index contributed by atoms with van der Waals surface area (Å²) in [6.07, 6.45) is -1.59. The van der Waals surface area contributed by atoms with Crippen LogP contribution in [0.2, 0.25) is 0 Å². The van der Waals surface area contributed by atoms with Crippen molar-refractivity contribution in [3.8, 4) is 0 Å². The Morgan fingerprint density at radius 3 is 2.65 bits per heavy atom. The van der Waals surface area contributed by atoms with Crippen molar-refractivity contribution in [2.45, 2.75) is 38.7 Å². The van der Waals surface area contributed by atoms with Gasteiger partial charge in [-0.2, -0.15) is 13.2 Å². The van der Waals surface area contributed by atoms with Crippen LogP contribution in [0.4, 0.5) is 18.0 Å². The SMILES string of the molecule is CC[C@H]1NC(=O)N(Cc2nccn2CC(F)(F)F)C1=O. The largest absolute Gasteiger partial charge is 0.406 e. The van der Waals surface area contributed by atoms with Crippen molar-refractivity contribution in [2.75, 3.05) is 0 Å². The molecule has 20 heavy (non-hydrogen) atoms. The highest BCUT2D eigenvalue weighted by Gasteiger charge is 2.38. The van der Waals surface area contributed by atoms with E-state index in [0.717, 1.165) is 9.47 Å². The molecular formula is C11H13F3N4O2.